The van der Waals surface area contributed by atoms with Crippen LogP contribution in [-0.4, -0.2) is 9.97 Å². The van der Waals surface area contributed by atoms with Crippen molar-refractivity contribution < 1.29 is 4.74 Å². The van der Waals surface area contributed by atoms with Crippen LogP contribution < -0.4 is 10.3 Å². The molecule has 6 nitrogen and oxygen atoms in total. The number of nitrogens with zero attached hydrogens (tertiary/aromatic N) is 3. The third kappa shape index (κ3) is 2.92. The minimum absolute atomic E-state index is 0.0511. The Balaban J connectivity index is 1.84. The first-order valence-electron chi connectivity index (χ1n) is 10.4. The standard InChI is InChI=1S/C26H20N4O2/c1-26(2,3)16-8-9-19-14(10-16)11-18-21(15(12-27)13-28)22-23(32-25(18)30-19)17-6-4-5-7-20(17)29-24(22)31/h4-11,15,21H,1-3H3,(H,29,31). The van der Waals surface area contributed by atoms with E-state index in [-0.39, 0.29) is 16.5 Å². The Labute approximate surface area is 184 Å². The van der Waals surface area contributed by atoms with E-state index < -0.39 is 11.8 Å². The molecular formula is C26H20N4O2. The highest BCUT2D eigenvalue weighted by Crippen LogP contribution is 2.48. The Morgan fingerprint density at radius 1 is 1.09 bits per heavy atom. The van der Waals surface area contributed by atoms with E-state index in [1.54, 1.807) is 6.07 Å². The van der Waals surface area contributed by atoms with Crippen LogP contribution in [0.5, 0.6) is 11.6 Å². The van der Waals surface area contributed by atoms with Crippen molar-refractivity contribution in [3.63, 3.8) is 0 Å². The second-order valence-corrected chi connectivity index (χ2v) is 9.10. The van der Waals surface area contributed by atoms with Gasteiger partial charge in [0.15, 0.2) is 0 Å². The van der Waals surface area contributed by atoms with Crippen molar-refractivity contribution >= 4 is 21.8 Å². The normalized spacial score (nSPS) is 15.0. The van der Waals surface area contributed by atoms with Gasteiger partial charge in [-0.3, -0.25) is 4.79 Å². The molecule has 0 saturated heterocycles. The fraction of sp³-hybridized carbons (Fsp3) is 0.231. The van der Waals surface area contributed by atoms with Crippen LogP contribution in [-0.2, 0) is 5.41 Å². The smallest absolute Gasteiger partial charge is 0.256 e. The number of ether oxygens (including phenoxy) is 1. The van der Waals surface area contributed by atoms with E-state index in [9.17, 15) is 15.3 Å². The van der Waals surface area contributed by atoms with Crippen LogP contribution in [0.3, 0.4) is 0 Å². The second kappa shape index (κ2) is 6.93. The van der Waals surface area contributed by atoms with Crippen LogP contribution in [0.2, 0.25) is 0 Å². The quantitative estimate of drug-likeness (QED) is 0.452. The van der Waals surface area contributed by atoms with Crippen molar-refractivity contribution in [1.82, 2.24) is 9.97 Å². The number of hydrogen-bond donors (Lipinski definition) is 1. The molecule has 32 heavy (non-hydrogen) atoms. The van der Waals surface area contributed by atoms with Crippen LogP contribution >= 0.6 is 0 Å². The van der Waals surface area contributed by atoms with E-state index >= 15 is 0 Å². The van der Waals surface area contributed by atoms with Gasteiger partial charge < -0.3 is 9.72 Å². The number of nitriles is 2. The van der Waals surface area contributed by atoms with Gasteiger partial charge >= 0.3 is 0 Å². The Kier molecular flexibility index (Phi) is 4.29. The van der Waals surface area contributed by atoms with Crippen molar-refractivity contribution in [3.8, 4) is 23.8 Å². The molecule has 0 spiro atoms. The van der Waals surface area contributed by atoms with E-state index in [1.807, 2.05) is 36.4 Å². The number of rotatable bonds is 1. The van der Waals surface area contributed by atoms with Gasteiger partial charge in [0.25, 0.3) is 5.56 Å². The Hall–Kier alpha value is -4.16. The summed E-state index contributed by atoms with van der Waals surface area (Å²) in [4.78, 5) is 20.7. The average molecular weight is 420 g/mol. The summed E-state index contributed by atoms with van der Waals surface area (Å²) >= 11 is 0. The van der Waals surface area contributed by atoms with Gasteiger partial charge in [0.1, 0.15) is 11.7 Å². The highest BCUT2D eigenvalue weighted by Gasteiger charge is 2.38. The SMILES string of the molecule is CC(C)(C)c1ccc2nc3c(cc2c1)C(C(C#N)C#N)c1c(c2ccccc2[nH]c1=O)O3. The fourth-order valence-corrected chi connectivity index (χ4v) is 4.34. The van der Waals surface area contributed by atoms with Gasteiger partial charge in [-0.15, -0.1) is 0 Å². The maximum atomic E-state index is 13.1. The van der Waals surface area contributed by atoms with Gasteiger partial charge in [-0.05, 0) is 41.3 Å². The van der Waals surface area contributed by atoms with E-state index in [4.69, 9.17) is 9.72 Å². The largest absolute Gasteiger partial charge is 0.437 e. The summed E-state index contributed by atoms with van der Waals surface area (Å²) in [5.41, 5.74) is 2.96. The predicted octanol–water partition coefficient (Wildman–Crippen LogP) is 5.27. The van der Waals surface area contributed by atoms with Crippen LogP contribution in [0.4, 0.5) is 0 Å². The van der Waals surface area contributed by atoms with Crippen molar-refractivity contribution in [2.75, 3.05) is 0 Å². The molecule has 2 aromatic carbocycles. The molecule has 0 bridgehead atoms. The second-order valence-electron chi connectivity index (χ2n) is 9.10. The molecule has 0 aliphatic carbocycles. The number of pyridine rings is 2. The highest BCUT2D eigenvalue weighted by atomic mass is 16.5. The van der Waals surface area contributed by atoms with Gasteiger partial charge in [-0.25, -0.2) is 4.98 Å². The van der Waals surface area contributed by atoms with Gasteiger partial charge in [0.05, 0.1) is 34.7 Å². The average Bonchev–Trinajstić information content (AvgIpc) is 2.77. The maximum Gasteiger partial charge on any atom is 0.256 e. The molecule has 156 valence electrons. The molecule has 1 aliphatic rings. The Morgan fingerprint density at radius 3 is 2.56 bits per heavy atom. The molecular weight excluding hydrogens is 400 g/mol. The van der Waals surface area contributed by atoms with Crippen LogP contribution in [0.1, 0.15) is 43.4 Å². The third-order valence-corrected chi connectivity index (χ3v) is 6.04. The summed E-state index contributed by atoms with van der Waals surface area (Å²) in [6.07, 6.45) is 0. The molecule has 1 N–H and O–H groups in total. The predicted molar refractivity (Wildman–Crippen MR) is 122 cm³/mol. The molecule has 1 aliphatic heterocycles. The summed E-state index contributed by atoms with van der Waals surface area (Å²) in [5, 5.41) is 21.1. The summed E-state index contributed by atoms with van der Waals surface area (Å²) in [7, 11) is 0. The molecule has 0 fully saturated rings. The van der Waals surface area contributed by atoms with Gasteiger partial charge in [-0.1, -0.05) is 39.0 Å². The lowest BCUT2D eigenvalue weighted by molar-refractivity contribution is 0.425. The zero-order chi connectivity index (χ0) is 22.6. The lowest BCUT2D eigenvalue weighted by Gasteiger charge is -2.28. The number of hydrogen-bond acceptors (Lipinski definition) is 5. The van der Waals surface area contributed by atoms with Gasteiger partial charge in [-0.2, -0.15) is 10.5 Å². The number of nitrogens with one attached hydrogen (secondary N) is 1. The minimum atomic E-state index is -1.07. The molecule has 5 rings (SSSR count). The van der Waals surface area contributed by atoms with Crippen LogP contribution in [0.25, 0.3) is 21.8 Å². The number of aromatic amines is 1. The van der Waals surface area contributed by atoms with Crippen LogP contribution in [0.15, 0.2) is 53.3 Å². The lowest BCUT2D eigenvalue weighted by Crippen LogP contribution is -2.26. The zero-order valence-corrected chi connectivity index (χ0v) is 17.9. The summed E-state index contributed by atoms with van der Waals surface area (Å²) in [5.74, 6) is -1.16. The number of aromatic nitrogens is 2. The molecule has 1 unspecified atom stereocenters. The number of benzene rings is 2. The molecule has 3 heterocycles. The number of para-hydroxylation sites is 1. The van der Waals surface area contributed by atoms with Gasteiger partial charge in [0.2, 0.25) is 5.88 Å². The van der Waals surface area contributed by atoms with Crippen molar-refractivity contribution in [2.45, 2.75) is 32.1 Å². The van der Waals surface area contributed by atoms with Gasteiger partial charge in [0, 0.05) is 16.3 Å². The topological polar surface area (TPSA) is 103 Å². The van der Waals surface area contributed by atoms with Crippen molar-refractivity contribution in [2.24, 2.45) is 5.92 Å². The first-order chi connectivity index (χ1) is 15.3. The highest BCUT2D eigenvalue weighted by molar-refractivity contribution is 5.88. The molecule has 0 amide bonds. The Morgan fingerprint density at radius 2 is 1.84 bits per heavy atom. The summed E-state index contributed by atoms with van der Waals surface area (Å²) in [6, 6.07) is 19.4. The van der Waals surface area contributed by atoms with E-state index in [0.29, 0.717) is 28.1 Å². The molecule has 1 atom stereocenters. The lowest BCUT2D eigenvalue weighted by atomic mass is 9.80. The van der Waals surface area contributed by atoms with Crippen molar-refractivity contribution in [3.05, 3.63) is 75.6 Å². The van der Waals surface area contributed by atoms with Crippen LogP contribution in [0, 0.1) is 28.6 Å². The maximum absolute atomic E-state index is 13.1. The molecule has 6 heteroatoms. The minimum Gasteiger partial charge on any atom is -0.437 e. The summed E-state index contributed by atoms with van der Waals surface area (Å²) < 4.78 is 6.20. The zero-order valence-electron chi connectivity index (χ0n) is 17.9. The van der Waals surface area contributed by atoms with E-state index in [1.165, 1.54) is 0 Å². The number of fused-ring (bicyclic) bond motifs is 5. The summed E-state index contributed by atoms with van der Waals surface area (Å²) in [6.45, 7) is 6.40. The molecule has 0 radical (unpaired) electrons. The molecule has 2 aromatic heterocycles. The van der Waals surface area contributed by atoms with E-state index in [2.05, 4.69) is 44.0 Å². The Bertz CT molecular complexity index is 1530. The van der Waals surface area contributed by atoms with E-state index in [0.717, 1.165) is 16.5 Å². The molecule has 0 saturated carbocycles. The monoisotopic (exact) mass is 420 g/mol. The molecule has 4 aromatic rings. The third-order valence-electron chi connectivity index (χ3n) is 6.04. The first-order valence-corrected chi connectivity index (χ1v) is 10.4. The first kappa shape index (κ1) is 19.8. The number of H-pyrrole nitrogens is 1. The van der Waals surface area contributed by atoms with Crippen molar-refractivity contribution in [1.29, 1.82) is 10.5 Å². The fourth-order valence-electron chi connectivity index (χ4n) is 4.34.